The van der Waals surface area contributed by atoms with E-state index in [1.807, 2.05) is 4.90 Å². The summed E-state index contributed by atoms with van der Waals surface area (Å²) in [6.45, 7) is 6.02. The summed E-state index contributed by atoms with van der Waals surface area (Å²) in [6.07, 6.45) is 2.04. The third kappa shape index (κ3) is 2.96. The normalized spacial score (nSPS) is 25.6. The molecule has 0 aliphatic carbocycles. The van der Waals surface area contributed by atoms with Gasteiger partial charge in [-0.15, -0.1) is 0 Å². The maximum Gasteiger partial charge on any atom is 0.239 e. The van der Waals surface area contributed by atoms with Crippen molar-refractivity contribution in [2.75, 3.05) is 19.7 Å². The number of amides is 1. The van der Waals surface area contributed by atoms with Crippen molar-refractivity contribution in [3.05, 3.63) is 0 Å². The molecule has 1 aliphatic heterocycles. The van der Waals surface area contributed by atoms with Gasteiger partial charge < -0.3 is 15.4 Å². The second kappa shape index (κ2) is 5.32. The largest absolute Gasteiger partial charge is 0.376 e. The molecule has 2 unspecified atom stereocenters. The van der Waals surface area contributed by atoms with E-state index >= 15 is 0 Å². The summed E-state index contributed by atoms with van der Waals surface area (Å²) < 4.78 is 5.58. The first-order valence-corrected chi connectivity index (χ1v) is 5.31. The van der Waals surface area contributed by atoms with Crippen LogP contribution in [0.15, 0.2) is 0 Å². The van der Waals surface area contributed by atoms with E-state index in [1.165, 1.54) is 0 Å². The molecule has 0 aromatic carbocycles. The van der Waals surface area contributed by atoms with Crippen molar-refractivity contribution in [1.29, 1.82) is 0 Å². The number of hydrogen-bond acceptors (Lipinski definition) is 3. The van der Waals surface area contributed by atoms with Crippen LogP contribution in [0.1, 0.15) is 26.7 Å². The van der Waals surface area contributed by atoms with E-state index in [2.05, 4.69) is 6.92 Å². The van der Waals surface area contributed by atoms with Gasteiger partial charge in [-0.3, -0.25) is 4.79 Å². The number of nitrogens with zero attached hydrogens (tertiary/aromatic N) is 1. The first-order valence-electron chi connectivity index (χ1n) is 5.31. The number of ether oxygens (including phenoxy) is 1. The predicted octanol–water partition coefficient (Wildman–Crippen LogP) is 0.361. The fourth-order valence-electron chi connectivity index (χ4n) is 1.63. The zero-order chi connectivity index (χ0) is 10.6. The van der Waals surface area contributed by atoms with Crippen LogP contribution in [-0.2, 0) is 9.53 Å². The topological polar surface area (TPSA) is 55.6 Å². The van der Waals surface area contributed by atoms with Gasteiger partial charge in [-0.05, 0) is 19.8 Å². The maximum absolute atomic E-state index is 11.7. The minimum Gasteiger partial charge on any atom is -0.376 e. The van der Waals surface area contributed by atoms with Crippen molar-refractivity contribution in [3.63, 3.8) is 0 Å². The molecule has 4 heteroatoms. The van der Waals surface area contributed by atoms with E-state index in [4.69, 9.17) is 10.5 Å². The second-order valence-electron chi connectivity index (χ2n) is 3.83. The lowest BCUT2D eigenvalue weighted by Gasteiger charge is -2.24. The van der Waals surface area contributed by atoms with E-state index < -0.39 is 6.04 Å². The molecule has 0 radical (unpaired) electrons. The Morgan fingerprint density at radius 2 is 2.43 bits per heavy atom. The molecule has 0 bridgehead atoms. The molecule has 14 heavy (non-hydrogen) atoms. The van der Waals surface area contributed by atoms with Gasteiger partial charge in [-0.25, -0.2) is 0 Å². The lowest BCUT2D eigenvalue weighted by Crippen LogP contribution is -2.44. The van der Waals surface area contributed by atoms with Crippen LogP contribution in [0.5, 0.6) is 0 Å². The molecule has 1 fully saturated rings. The van der Waals surface area contributed by atoms with Gasteiger partial charge in [-0.1, -0.05) is 6.92 Å². The molecule has 2 N–H and O–H groups in total. The predicted molar refractivity (Wildman–Crippen MR) is 54.9 cm³/mol. The SMILES string of the molecule is CCC1CN(C(=O)C(C)N)CCCO1. The Morgan fingerprint density at radius 3 is 3.00 bits per heavy atom. The van der Waals surface area contributed by atoms with Crippen LogP contribution in [0.3, 0.4) is 0 Å². The summed E-state index contributed by atoms with van der Waals surface area (Å²) in [6, 6.07) is -0.398. The average Bonchev–Trinajstić information content (AvgIpc) is 2.41. The second-order valence-corrected chi connectivity index (χ2v) is 3.83. The monoisotopic (exact) mass is 200 g/mol. The van der Waals surface area contributed by atoms with Crippen LogP contribution < -0.4 is 5.73 Å². The van der Waals surface area contributed by atoms with Crippen molar-refractivity contribution in [3.8, 4) is 0 Å². The summed E-state index contributed by atoms with van der Waals surface area (Å²) in [5.74, 6) is 0.0361. The lowest BCUT2D eigenvalue weighted by atomic mass is 10.2. The minimum atomic E-state index is -0.398. The first kappa shape index (κ1) is 11.5. The van der Waals surface area contributed by atoms with E-state index in [9.17, 15) is 4.79 Å². The summed E-state index contributed by atoms with van der Waals surface area (Å²) in [7, 11) is 0. The number of carbonyl (C=O) groups is 1. The maximum atomic E-state index is 11.7. The fourth-order valence-corrected chi connectivity index (χ4v) is 1.63. The van der Waals surface area contributed by atoms with Crippen molar-refractivity contribution in [1.82, 2.24) is 4.90 Å². The van der Waals surface area contributed by atoms with Gasteiger partial charge in [0.2, 0.25) is 5.91 Å². The van der Waals surface area contributed by atoms with Crippen LogP contribution in [0.4, 0.5) is 0 Å². The molecule has 82 valence electrons. The van der Waals surface area contributed by atoms with Gasteiger partial charge in [-0.2, -0.15) is 0 Å². The van der Waals surface area contributed by atoms with E-state index in [1.54, 1.807) is 6.92 Å². The van der Waals surface area contributed by atoms with E-state index in [-0.39, 0.29) is 12.0 Å². The van der Waals surface area contributed by atoms with Gasteiger partial charge in [0.15, 0.2) is 0 Å². The third-order valence-electron chi connectivity index (χ3n) is 2.51. The molecule has 1 aliphatic rings. The highest BCUT2D eigenvalue weighted by molar-refractivity contribution is 5.81. The van der Waals surface area contributed by atoms with Crippen molar-refractivity contribution in [2.24, 2.45) is 5.73 Å². The highest BCUT2D eigenvalue weighted by Crippen LogP contribution is 2.09. The summed E-state index contributed by atoms with van der Waals surface area (Å²) in [5, 5.41) is 0. The van der Waals surface area contributed by atoms with Crippen LogP contribution in [-0.4, -0.2) is 42.6 Å². The summed E-state index contributed by atoms with van der Waals surface area (Å²) in [5.41, 5.74) is 5.57. The van der Waals surface area contributed by atoms with E-state index in [0.29, 0.717) is 6.54 Å². The molecule has 2 atom stereocenters. The smallest absolute Gasteiger partial charge is 0.239 e. The number of rotatable bonds is 2. The number of carbonyl (C=O) groups excluding carboxylic acids is 1. The fraction of sp³-hybridized carbons (Fsp3) is 0.900. The Hall–Kier alpha value is -0.610. The average molecular weight is 200 g/mol. The molecule has 1 rings (SSSR count). The molecule has 0 spiro atoms. The van der Waals surface area contributed by atoms with Crippen LogP contribution in [0, 0.1) is 0 Å². The number of nitrogens with two attached hydrogens (primary N) is 1. The Kier molecular flexibility index (Phi) is 4.35. The zero-order valence-electron chi connectivity index (χ0n) is 9.03. The third-order valence-corrected chi connectivity index (χ3v) is 2.51. The highest BCUT2D eigenvalue weighted by atomic mass is 16.5. The molecule has 4 nitrogen and oxygen atoms in total. The standard InChI is InChI=1S/C10H20N2O2/c1-3-9-7-12(5-4-6-14-9)10(13)8(2)11/h8-9H,3-7,11H2,1-2H3. The highest BCUT2D eigenvalue weighted by Gasteiger charge is 2.23. The van der Waals surface area contributed by atoms with E-state index in [0.717, 1.165) is 26.0 Å². The van der Waals surface area contributed by atoms with Gasteiger partial charge in [0.05, 0.1) is 12.1 Å². The van der Waals surface area contributed by atoms with Gasteiger partial charge in [0.1, 0.15) is 0 Å². The van der Waals surface area contributed by atoms with Gasteiger partial charge in [0, 0.05) is 19.7 Å². The molecular weight excluding hydrogens is 180 g/mol. The van der Waals surface area contributed by atoms with Crippen molar-refractivity contribution in [2.45, 2.75) is 38.8 Å². The Bertz CT molecular complexity index is 195. The Labute approximate surface area is 85.4 Å². The van der Waals surface area contributed by atoms with Gasteiger partial charge in [0.25, 0.3) is 0 Å². The molecule has 1 amide bonds. The lowest BCUT2D eigenvalue weighted by molar-refractivity contribution is -0.133. The van der Waals surface area contributed by atoms with Crippen LogP contribution in [0.2, 0.25) is 0 Å². The number of hydrogen-bond donors (Lipinski definition) is 1. The first-order chi connectivity index (χ1) is 6.65. The Balaban J connectivity index is 2.54. The molecule has 0 aromatic heterocycles. The summed E-state index contributed by atoms with van der Waals surface area (Å²) >= 11 is 0. The van der Waals surface area contributed by atoms with Gasteiger partial charge >= 0.3 is 0 Å². The van der Waals surface area contributed by atoms with Crippen molar-refractivity contribution < 1.29 is 9.53 Å². The molecule has 1 saturated heterocycles. The molecule has 0 aromatic rings. The minimum absolute atomic E-state index is 0.0361. The van der Waals surface area contributed by atoms with Crippen LogP contribution in [0.25, 0.3) is 0 Å². The molecular formula is C10H20N2O2. The van der Waals surface area contributed by atoms with Crippen LogP contribution >= 0.6 is 0 Å². The Morgan fingerprint density at radius 1 is 1.71 bits per heavy atom. The van der Waals surface area contributed by atoms with Crippen molar-refractivity contribution >= 4 is 5.91 Å². The molecule has 1 heterocycles. The summed E-state index contributed by atoms with van der Waals surface area (Å²) in [4.78, 5) is 13.5. The molecule has 0 saturated carbocycles. The zero-order valence-corrected chi connectivity index (χ0v) is 9.03. The quantitative estimate of drug-likeness (QED) is 0.700.